The van der Waals surface area contributed by atoms with Gasteiger partial charge in [0, 0.05) is 47.1 Å². The van der Waals surface area contributed by atoms with Gasteiger partial charge in [0.15, 0.2) is 0 Å². The quantitative estimate of drug-likeness (QED) is 0.380. The van der Waals surface area contributed by atoms with Crippen molar-refractivity contribution in [3.63, 3.8) is 0 Å². The fraction of sp³-hybridized carbons (Fsp3) is 0.286. The lowest BCUT2D eigenvalue weighted by molar-refractivity contribution is 0.0951. The van der Waals surface area contributed by atoms with Crippen LogP contribution in [0.4, 0.5) is 0 Å². The Balaban J connectivity index is 1.28. The number of carbonyl (C=O) groups is 1. The summed E-state index contributed by atoms with van der Waals surface area (Å²) in [4.78, 5) is 20.5. The van der Waals surface area contributed by atoms with Crippen molar-refractivity contribution >= 4 is 16.8 Å². The summed E-state index contributed by atoms with van der Waals surface area (Å²) in [5, 5.41) is 7.94. The molecule has 5 nitrogen and oxygen atoms in total. The Labute approximate surface area is 194 Å². The van der Waals surface area contributed by atoms with Crippen molar-refractivity contribution in [3.05, 3.63) is 101 Å². The van der Waals surface area contributed by atoms with Crippen LogP contribution < -0.4 is 10.6 Å². The van der Waals surface area contributed by atoms with Gasteiger partial charge in [-0.2, -0.15) is 0 Å². The number of hydrogen-bond donors (Lipinski definition) is 3. The summed E-state index contributed by atoms with van der Waals surface area (Å²) >= 11 is 0. The molecule has 2 aromatic heterocycles. The second kappa shape index (κ2) is 9.59. The number of fused-ring (bicyclic) bond motifs is 3. The van der Waals surface area contributed by atoms with Crippen LogP contribution >= 0.6 is 0 Å². The van der Waals surface area contributed by atoms with Crippen molar-refractivity contribution < 1.29 is 4.79 Å². The lowest BCUT2D eigenvalue weighted by Gasteiger charge is -2.24. The molecule has 2 aromatic carbocycles. The minimum absolute atomic E-state index is 0.0562. The highest BCUT2D eigenvalue weighted by Crippen LogP contribution is 2.35. The number of pyridine rings is 1. The number of carbonyl (C=O) groups excluding carboxylic acids is 1. The summed E-state index contributed by atoms with van der Waals surface area (Å²) in [6.45, 7) is 3.55. The summed E-state index contributed by atoms with van der Waals surface area (Å²) < 4.78 is 0. The van der Waals surface area contributed by atoms with Crippen LogP contribution in [0.2, 0.25) is 0 Å². The maximum atomic E-state index is 12.8. The molecule has 0 radical (unpaired) electrons. The van der Waals surface area contributed by atoms with Crippen molar-refractivity contribution in [2.24, 2.45) is 0 Å². The molecule has 0 saturated carbocycles. The Morgan fingerprint density at radius 3 is 2.82 bits per heavy atom. The summed E-state index contributed by atoms with van der Waals surface area (Å²) in [5.74, 6) is -0.0562. The van der Waals surface area contributed by atoms with E-state index in [1.54, 1.807) is 12.4 Å². The van der Waals surface area contributed by atoms with Gasteiger partial charge in [-0.15, -0.1) is 0 Å². The van der Waals surface area contributed by atoms with Crippen LogP contribution in [0.15, 0.2) is 67.0 Å². The molecule has 2 heterocycles. The van der Waals surface area contributed by atoms with E-state index in [0.717, 1.165) is 43.3 Å². The average Bonchev–Trinajstić information content (AvgIpc) is 3.23. The highest BCUT2D eigenvalue weighted by Gasteiger charge is 2.24. The first kappa shape index (κ1) is 21.4. The van der Waals surface area contributed by atoms with Crippen LogP contribution in [0.1, 0.15) is 57.2 Å². The number of nitrogens with zero attached hydrogens (tertiary/aromatic N) is 1. The predicted octanol–water partition coefficient (Wildman–Crippen LogP) is 5.01. The fourth-order valence-corrected chi connectivity index (χ4v) is 4.74. The molecular formula is C28H30N4O. The van der Waals surface area contributed by atoms with Gasteiger partial charge < -0.3 is 15.6 Å². The molecule has 0 spiro atoms. The maximum Gasteiger partial charge on any atom is 0.251 e. The normalized spacial score (nSPS) is 15.4. The predicted molar refractivity (Wildman–Crippen MR) is 132 cm³/mol. The molecule has 1 aliphatic carbocycles. The number of aromatic amines is 1. The highest BCUT2D eigenvalue weighted by atomic mass is 16.1. The van der Waals surface area contributed by atoms with Crippen molar-refractivity contribution in [1.29, 1.82) is 0 Å². The van der Waals surface area contributed by atoms with Crippen molar-refractivity contribution in [1.82, 2.24) is 20.6 Å². The number of nitrogens with one attached hydrogen (secondary N) is 3. The van der Waals surface area contributed by atoms with Crippen LogP contribution in [0.5, 0.6) is 0 Å². The molecule has 1 aliphatic rings. The molecule has 1 amide bonds. The maximum absolute atomic E-state index is 12.8. The number of rotatable bonds is 7. The molecule has 5 rings (SSSR count). The van der Waals surface area contributed by atoms with E-state index in [9.17, 15) is 4.79 Å². The van der Waals surface area contributed by atoms with Crippen LogP contribution in [0.25, 0.3) is 10.9 Å². The van der Waals surface area contributed by atoms with Gasteiger partial charge in [0.25, 0.3) is 5.91 Å². The molecule has 0 saturated heterocycles. The van der Waals surface area contributed by atoms with Crippen LogP contribution in [-0.4, -0.2) is 22.4 Å². The monoisotopic (exact) mass is 438 g/mol. The minimum atomic E-state index is -0.0562. The van der Waals surface area contributed by atoms with Crippen LogP contribution in [0, 0.1) is 6.92 Å². The second-order valence-corrected chi connectivity index (χ2v) is 8.96. The fourth-order valence-electron chi connectivity index (χ4n) is 4.74. The van der Waals surface area contributed by atoms with Gasteiger partial charge in [-0.25, -0.2) is 0 Å². The van der Waals surface area contributed by atoms with Crippen molar-refractivity contribution in [2.75, 3.05) is 6.54 Å². The third kappa shape index (κ3) is 4.83. The summed E-state index contributed by atoms with van der Waals surface area (Å²) in [6, 6.07) is 18.9. The third-order valence-corrected chi connectivity index (χ3v) is 6.57. The van der Waals surface area contributed by atoms with E-state index >= 15 is 0 Å². The third-order valence-electron chi connectivity index (χ3n) is 6.57. The Kier molecular flexibility index (Phi) is 6.22. The molecule has 33 heavy (non-hydrogen) atoms. The van der Waals surface area contributed by atoms with E-state index < -0.39 is 0 Å². The molecule has 168 valence electrons. The zero-order chi connectivity index (χ0) is 22.6. The number of benzene rings is 2. The van der Waals surface area contributed by atoms with E-state index in [-0.39, 0.29) is 5.91 Å². The Morgan fingerprint density at radius 1 is 1.12 bits per heavy atom. The van der Waals surface area contributed by atoms with Gasteiger partial charge >= 0.3 is 0 Å². The molecule has 5 heteroatoms. The summed E-state index contributed by atoms with van der Waals surface area (Å²) in [6.07, 6.45) is 7.86. The van der Waals surface area contributed by atoms with Gasteiger partial charge in [-0.3, -0.25) is 9.78 Å². The number of H-pyrrole nitrogens is 1. The lowest BCUT2D eigenvalue weighted by atomic mass is 9.91. The van der Waals surface area contributed by atoms with Gasteiger partial charge in [0.05, 0.1) is 0 Å². The summed E-state index contributed by atoms with van der Waals surface area (Å²) in [7, 11) is 0. The van der Waals surface area contributed by atoms with Gasteiger partial charge in [-0.1, -0.05) is 35.9 Å². The number of aryl methyl sites for hydroxylation is 2. The largest absolute Gasteiger partial charge is 0.357 e. The molecule has 1 unspecified atom stereocenters. The summed E-state index contributed by atoms with van der Waals surface area (Å²) in [5.41, 5.74) is 8.10. The number of amides is 1. The highest BCUT2D eigenvalue weighted by molar-refractivity contribution is 5.99. The first-order valence-electron chi connectivity index (χ1n) is 11.8. The van der Waals surface area contributed by atoms with Crippen molar-refractivity contribution in [3.8, 4) is 0 Å². The zero-order valence-electron chi connectivity index (χ0n) is 19.0. The molecule has 0 bridgehead atoms. The Bertz CT molecular complexity index is 1240. The molecule has 0 aliphatic heterocycles. The van der Waals surface area contributed by atoms with E-state index in [1.165, 1.54) is 27.8 Å². The minimum Gasteiger partial charge on any atom is -0.357 e. The molecular weight excluding hydrogens is 408 g/mol. The molecule has 4 aromatic rings. The lowest BCUT2D eigenvalue weighted by Crippen LogP contribution is -2.27. The van der Waals surface area contributed by atoms with E-state index in [0.29, 0.717) is 18.2 Å². The van der Waals surface area contributed by atoms with Gasteiger partial charge in [0.1, 0.15) is 0 Å². The first-order chi connectivity index (χ1) is 16.2. The molecule has 0 fully saturated rings. The number of aromatic nitrogens is 2. The SMILES string of the molecule is Cc1ccc(CCNC2CCCc3c2[nH]c2ccc(C(=O)NCc4cccnc4)cc32)cc1. The second-order valence-electron chi connectivity index (χ2n) is 8.96. The first-order valence-corrected chi connectivity index (χ1v) is 11.8. The van der Waals surface area contributed by atoms with Gasteiger partial charge in [-0.05, 0) is 80.1 Å². The van der Waals surface area contributed by atoms with Crippen molar-refractivity contribution in [2.45, 2.75) is 45.2 Å². The van der Waals surface area contributed by atoms with Crippen LogP contribution in [0.3, 0.4) is 0 Å². The number of hydrogen-bond acceptors (Lipinski definition) is 3. The van der Waals surface area contributed by atoms with E-state index in [1.807, 2.05) is 30.3 Å². The standard InChI is InChI=1S/C28H30N4O/c1-19-7-9-20(10-8-19)13-15-30-26-6-2-5-23-24-16-22(11-12-25(24)32-27(23)26)28(33)31-18-21-4-3-14-29-17-21/h3-4,7-12,14,16-17,26,30,32H,2,5-6,13,15,18H2,1H3,(H,31,33). The van der Waals surface area contributed by atoms with Crippen LogP contribution in [-0.2, 0) is 19.4 Å². The van der Waals surface area contributed by atoms with Gasteiger partial charge in [0.2, 0.25) is 0 Å². The smallest absolute Gasteiger partial charge is 0.251 e. The zero-order valence-corrected chi connectivity index (χ0v) is 19.0. The Hall–Kier alpha value is -3.44. The average molecular weight is 439 g/mol. The molecule has 1 atom stereocenters. The van der Waals surface area contributed by atoms with E-state index in [2.05, 4.69) is 51.8 Å². The van der Waals surface area contributed by atoms with E-state index in [4.69, 9.17) is 0 Å². The topological polar surface area (TPSA) is 69.8 Å². The Morgan fingerprint density at radius 2 is 2.00 bits per heavy atom. The molecule has 3 N–H and O–H groups in total.